The highest BCUT2D eigenvalue weighted by molar-refractivity contribution is 7.17. The molecule has 68 valence electrons. The lowest BCUT2D eigenvalue weighted by molar-refractivity contribution is 0.281. The van der Waals surface area contributed by atoms with Crippen molar-refractivity contribution >= 4 is 33.0 Å². The van der Waals surface area contributed by atoms with E-state index in [0.29, 0.717) is 5.02 Å². The van der Waals surface area contributed by atoms with Crippen molar-refractivity contribution in [2.45, 2.75) is 13.5 Å². The largest absolute Gasteiger partial charge is 0.392 e. The zero-order valence-corrected chi connectivity index (χ0v) is 8.75. The molecule has 1 heterocycles. The van der Waals surface area contributed by atoms with Crippen LogP contribution in [0.4, 0.5) is 0 Å². The third kappa shape index (κ3) is 1.35. The molecule has 0 unspecified atom stereocenters. The predicted octanol–water partition coefficient (Wildman–Crippen LogP) is 3.36. The van der Waals surface area contributed by atoms with Crippen LogP contribution in [0.5, 0.6) is 0 Å². The van der Waals surface area contributed by atoms with Gasteiger partial charge in [0.25, 0.3) is 0 Å². The molecule has 0 aliphatic rings. The van der Waals surface area contributed by atoms with E-state index in [0.717, 1.165) is 11.1 Å². The van der Waals surface area contributed by atoms with Crippen molar-refractivity contribution in [3.8, 4) is 0 Å². The van der Waals surface area contributed by atoms with Crippen molar-refractivity contribution in [3.05, 3.63) is 33.7 Å². The molecule has 0 atom stereocenters. The van der Waals surface area contributed by atoms with Gasteiger partial charge in [0.2, 0.25) is 0 Å². The van der Waals surface area contributed by atoms with Crippen LogP contribution < -0.4 is 0 Å². The fourth-order valence-electron chi connectivity index (χ4n) is 1.48. The van der Waals surface area contributed by atoms with E-state index in [1.807, 2.05) is 18.4 Å². The summed E-state index contributed by atoms with van der Waals surface area (Å²) < 4.78 is 1.18. The zero-order chi connectivity index (χ0) is 9.42. The summed E-state index contributed by atoms with van der Waals surface area (Å²) in [6.07, 6.45) is 0. The van der Waals surface area contributed by atoms with Gasteiger partial charge in [0.05, 0.1) is 6.61 Å². The third-order valence-electron chi connectivity index (χ3n) is 2.26. The summed E-state index contributed by atoms with van der Waals surface area (Å²) in [5, 5.41) is 13.0. The first-order chi connectivity index (χ1) is 6.24. The lowest BCUT2D eigenvalue weighted by Crippen LogP contribution is -1.90. The van der Waals surface area contributed by atoms with Gasteiger partial charge in [-0.2, -0.15) is 0 Å². The van der Waals surface area contributed by atoms with E-state index in [1.54, 1.807) is 11.3 Å². The van der Waals surface area contributed by atoms with Gasteiger partial charge in [-0.15, -0.1) is 11.3 Å². The molecule has 0 saturated heterocycles. The second-order valence-corrected chi connectivity index (χ2v) is 4.31. The van der Waals surface area contributed by atoms with Crippen molar-refractivity contribution in [1.82, 2.24) is 0 Å². The van der Waals surface area contributed by atoms with Gasteiger partial charge in [-0.05, 0) is 40.9 Å². The molecule has 0 aliphatic heterocycles. The average Bonchev–Trinajstić information content (AvgIpc) is 2.53. The Morgan fingerprint density at radius 1 is 1.54 bits per heavy atom. The number of aliphatic hydroxyl groups excluding tert-OH is 1. The standard InChI is InChI=1S/C10H9ClOS/c1-6-7-2-3-13-10(7)4-9(11)8(6)5-12/h2-4,12H,5H2,1H3. The molecule has 0 aliphatic carbocycles. The average molecular weight is 213 g/mol. The van der Waals surface area contributed by atoms with Gasteiger partial charge in [-0.1, -0.05) is 11.6 Å². The van der Waals surface area contributed by atoms with Crippen molar-refractivity contribution in [1.29, 1.82) is 0 Å². The topological polar surface area (TPSA) is 20.2 Å². The highest BCUT2D eigenvalue weighted by atomic mass is 35.5. The number of benzene rings is 1. The van der Waals surface area contributed by atoms with E-state index < -0.39 is 0 Å². The first kappa shape index (κ1) is 9.00. The Kier molecular flexibility index (Phi) is 2.28. The minimum atomic E-state index is 0.0104. The van der Waals surface area contributed by atoms with Crippen LogP contribution in [0.25, 0.3) is 10.1 Å². The zero-order valence-electron chi connectivity index (χ0n) is 7.17. The second kappa shape index (κ2) is 3.29. The maximum atomic E-state index is 9.12. The van der Waals surface area contributed by atoms with Crippen LogP contribution in [0.3, 0.4) is 0 Å². The number of halogens is 1. The van der Waals surface area contributed by atoms with Crippen molar-refractivity contribution in [2.75, 3.05) is 0 Å². The molecular formula is C10H9ClOS. The number of aliphatic hydroxyl groups is 1. The maximum absolute atomic E-state index is 9.12. The Hall–Kier alpha value is -0.570. The van der Waals surface area contributed by atoms with Crippen molar-refractivity contribution < 1.29 is 5.11 Å². The molecule has 0 bridgehead atoms. The highest BCUT2D eigenvalue weighted by Crippen LogP contribution is 2.31. The van der Waals surface area contributed by atoms with Gasteiger partial charge in [-0.3, -0.25) is 0 Å². The maximum Gasteiger partial charge on any atom is 0.0699 e. The van der Waals surface area contributed by atoms with Gasteiger partial charge in [0.1, 0.15) is 0 Å². The van der Waals surface area contributed by atoms with Gasteiger partial charge < -0.3 is 5.11 Å². The smallest absolute Gasteiger partial charge is 0.0699 e. The Bertz CT molecular complexity index is 447. The molecule has 0 spiro atoms. The third-order valence-corrected chi connectivity index (χ3v) is 3.46. The van der Waals surface area contributed by atoms with Gasteiger partial charge in [0, 0.05) is 9.72 Å². The van der Waals surface area contributed by atoms with Crippen LogP contribution in [0, 0.1) is 6.92 Å². The van der Waals surface area contributed by atoms with E-state index >= 15 is 0 Å². The predicted molar refractivity (Wildman–Crippen MR) is 57.5 cm³/mol. The molecule has 1 N–H and O–H groups in total. The highest BCUT2D eigenvalue weighted by Gasteiger charge is 2.08. The van der Waals surface area contributed by atoms with Gasteiger partial charge in [-0.25, -0.2) is 0 Å². The number of rotatable bonds is 1. The summed E-state index contributed by atoms with van der Waals surface area (Å²) in [4.78, 5) is 0. The fraction of sp³-hybridized carbons (Fsp3) is 0.200. The SMILES string of the molecule is Cc1c(CO)c(Cl)cc2sccc12. The molecule has 0 saturated carbocycles. The minimum Gasteiger partial charge on any atom is -0.392 e. The lowest BCUT2D eigenvalue weighted by Gasteiger charge is -2.06. The van der Waals surface area contributed by atoms with Crippen LogP contribution in [0.2, 0.25) is 5.02 Å². The summed E-state index contributed by atoms with van der Waals surface area (Å²) >= 11 is 7.68. The Balaban J connectivity index is 2.85. The number of hydrogen-bond donors (Lipinski definition) is 1. The molecule has 0 radical (unpaired) electrons. The molecule has 0 fully saturated rings. The molecule has 1 aromatic carbocycles. The first-order valence-corrected chi connectivity index (χ1v) is 5.26. The minimum absolute atomic E-state index is 0.0104. The van der Waals surface area contributed by atoms with Crippen LogP contribution in [-0.2, 0) is 6.61 Å². The van der Waals surface area contributed by atoms with E-state index in [1.165, 1.54) is 10.1 Å². The van der Waals surface area contributed by atoms with E-state index in [4.69, 9.17) is 16.7 Å². The molecular weight excluding hydrogens is 204 g/mol. The van der Waals surface area contributed by atoms with E-state index in [2.05, 4.69) is 6.07 Å². The number of hydrogen-bond acceptors (Lipinski definition) is 2. The normalized spacial score (nSPS) is 11.0. The van der Waals surface area contributed by atoms with Crippen LogP contribution in [0.1, 0.15) is 11.1 Å². The van der Waals surface area contributed by atoms with Gasteiger partial charge in [0.15, 0.2) is 0 Å². The summed E-state index contributed by atoms with van der Waals surface area (Å²) in [6.45, 7) is 2.00. The van der Waals surface area contributed by atoms with Crippen molar-refractivity contribution in [2.24, 2.45) is 0 Å². The quantitative estimate of drug-likeness (QED) is 0.769. The molecule has 3 heteroatoms. The Labute approximate surface area is 85.6 Å². The second-order valence-electron chi connectivity index (χ2n) is 2.95. The molecule has 0 amide bonds. The molecule has 1 aromatic heterocycles. The molecule has 13 heavy (non-hydrogen) atoms. The summed E-state index contributed by atoms with van der Waals surface area (Å²) in [5.74, 6) is 0. The summed E-state index contributed by atoms with van der Waals surface area (Å²) in [7, 11) is 0. The number of thiophene rings is 1. The van der Waals surface area contributed by atoms with Crippen LogP contribution >= 0.6 is 22.9 Å². The monoisotopic (exact) mass is 212 g/mol. The number of aryl methyl sites for hydroxylation is 1. The molecule has 1 nitrogen and oxygen atoms in total. The number of fused-ring (bicyclic) bond motifs is 1. The lowest BCUT2D eigenvalue weighted by atomic mass is 10.1. The van der Waals surface area contributed by atoms with Crippen LogP contribution in [0.15, 0.2) is 17.5 Å². The fourth-order valence-corrected chi connectivity index (χ4v) is 2.74. The summed E-state index contributed by atoms with van der Waals surface area (Å²) in [5.41, 5.74) is 1.93. The summed E-state index contributed by atoms with van der Waals surface area (Å²) in [6, 6.07) is 3.98. The van der Waals surface area contributed by atoms with E-state index in [9.17, 15) is 0 Å². The Morgan fingerprint density at radius 2 is 2.31 bits per heavy atom. The Morgan fingerprint density at radius 3 is 3.00 bits per heavy atom. The molecule has 2 rings (SSSR count). The van der Waals surface area contributed by atoms with Gasteiger partial charge >= 0.3 is 0 Å². The van der Waals surface area contributed by atoms with E-state index in [-0.39, 0.29) is 6.61 Å². The first-order valence-electron chi connectivity index (χ1n) is 4.00. The molecule has 2 aromatic rings. The van der Waals surface area contributed by atoms with Crippen molar-refractivity contribution in [3.63, 3.8) is 0 Å². The van der Waals surface area contributed by atoms with Crippen LogP contribution in [-0.4, -0.2) is 5.11 Å².